The minimum Gasteiger partial charge on any atom is -0.497 e. The molecule has 0 fully saturated rings. The van der Waals surface area contributed by atoms with Gasteiger partial charge in [-0.3, -0.25) is 4.79 Å². The molecule has 0 atom stereocenters. The molecule has 6 heteroatoms. The van der Waals surface area contributed by atoms with Gasteiger partial charge in [-0.1, -0.05) is 12.1 Å². The topological polar surface area (TPSA) is 80.6 Å². The third-order valence-corrected chi connectivity index (χ3v) is 3.59. The molecule has 0 saturated carbocycles. The highest BCUT2D eigenvalue weighted by Gasteiger charge is 2.14. The van der Waals surface area contributed by atoms with Crippen LogP contribution in [0.4, 0.5) is 5.69 Å². The van der Waals surface area contributed by atoms with Crippen molar-refractivity contribution in [3.63, 3.8) is 0 Å². The first kappa shape index (κ1) is 16.4. The summed E-state index contributed by atoms with van der Waals surface area (Å²) in [5, 5.41) is 12.0. The molecule has 0 saturated heterocycles. The summed E-state index contributed by atoms with van der Waals surface area (Å²) in [5.41, 5.74) is 1.26. The average Bonchev–Trinajstić information content (AvgIpc) is 2.66. The first-order valence-corrected chi connectivity index (χ1v) is 7.66. The number of nitriles is 1. The Morgan fingerprint density at radius 1 is 1.16 bits per heavy atom. The lowest BCUT2D eigenvalue weighted by atomic mass is 10.1. The summed E-state index contributed by atoms with van der Waals surface area (Å²) in [4.78, 5) is 12.3. The Hall–Kier alpha value is -3.46. The Kier molecular flexibility index (Phi) is 4.86. The van der Waals surface area contributed by atoms with Gasteiger partial charge in [0.25, 0.3) is 5.91 Å². The molecule has 126 valence electrons. The van der Waals surface area contributed by atoms with Gasteiger partial charge in [0.2, 0.25) is 0 Å². The number of nitrogens with zero attached hydrogens (tertiary/aromatic N) is 1. The van der Waals surface area contributed by atoms with E-state index in [9.17, 15) is 10.1 Å². The van der Waals surface area contributed by atoms with Crippen molar-refractivity contribution in [2.75, 3.05) is 25.6 Å². The first-order chi connectivity index (χ1) is 12.2. The van der Waals surface area contributed by atoms with Gasteiger partial charge in [0.05, 0.1) is 7.11 Å². The largest absolute Gasteiger partial charge is 0.497 e. The van der Waals surface area contributed by atoms with Crippen LogP contribution in [-0.2, 0) is 4.79 Å². The number of fused-ring (bicyclic) bond motifs is 1. The van der Waals surface area contributed by atoms with Gasteiger partial charge in [0, 0.05) is 11.8 Å². The summed E-state index contributed by atoms with van der Waals surface area (Å²) in [5.74, 6) is 1.42. The number of rotatable bonds is 4. The predicted octanol–water partition coefficient (Wildman–Crippen LogP) is 3.01. The van der Waals surface area contributed by atoms with E-state index in [0.717, 1.165) is 5.56 Å². The number of carbonyl (C=O) groups is 1. The quantitative estimate of drug-likeness (QED) is 0.686. The van der Waals surface area contributed by atoms with Crippen molar-refractivity contribution in [1.82, 2.24) is 0 Å². The Bertz CT molecular complexity index is 851. The van der Waals surface area contributed by atoms with Gasteiger partial charge in [0.1, 0.15) is 30.6 Å². The zero-order valence-corrected chi connectivity index (χ0v) is 13.6. The van der Waals surface area contributed by atoms with Crippen molar-refractivity contribution in [3.8, 4) is 23.3 Å². The lowest BCUT2D eigenvalue weighted by molar-refractivity contribution is -0.112. The molecule has 6 nitrogen and oxygen atoms in total. The summed E-state index contributed by atoms with van der Waals surface area (Å²) in [6.45, 7) is 0.965. The molecular weight excluding hydrogens is 320 g/mol. The van der Waals surface area contributed by atoms with Crippen LogP contribution in [-0.4, -0.2) is 26.2 Å². The molecule has 1 amide bonds. The van der Waals surface area contributed by atoms with Crippen LogP contribution in [0, 0.1) is 11.3 Å². The fourth-order valence-corrected chi connectivity index (χ4v) is 2.33. The molecule has 1 heterocycles. The van der Waals surface area contributed by atoms with Gasteiger partial charge < -0.3 is 19.5 Å². The number of hydrogen-bond acceptors (Lipinski definition) is 5. The van der Waals surface area contributed by atoms with E-state index in [1.54, 1.807) is 49.6 Å². The zero-order chi connectivity index (χ0) is 17.6. The fraction of sp³-hybridized carbons (Fsp3) is 0.158. The molecule has 0 aliphatic carbocycles. The number of methoxy groups -OCH3 is 1. The lowest BCUT2D eigenvalue weighted by Crippen LogP contribution is -2.17. The van der Waals surface area contributed by atoms with Gasteiger partial charge >= 0.3 is 0 Å². The van der Waals surface area contributed by atoms with E-state index in [2.05, 4.69) is 5.32 Å². The normalized spacial score (nSPS) is 12.9. The number of anilines is 1. The Morgan fingerprint density at radius 3 is 2.56 bits per heavy atom. The average molecular weight is 336 g/mol. The molecule has 0 radical (unpaired) electrons. The maximum absolute atomic E-state index is 12.3. The standard InChI is InChI=1S/C19H16N2O4/c1-23-16-5-2-13(3-6-16)10-14(12-20)19(22)21-15-4-7-17-18(11-15)25-9-8-24-17/h2-7,10-11H,8-9H2,1H3,(H,21,22). The van der Waals surface area contributed by atoms with Crippen LogP contribution in [0.1, 0.15) is 5.56 Å². The second-order valence-electron chi connectivity index (χ2n) is 5.26. The maximum atomic E-state index is 12.3. The van der Waals surface area contributed by atoms with E-state index < -0.39 is 5.91 Å². The van der Waals surface area contributed by atoms with Crippen molar-refractivity contribution in [2.45, 2.75) is 0 Å². The van der Waals surface area contributed by atoms with Crippen molar-refractivity contribution < 1.29 is 19.0 Å². The maximum Gasteiger partial charge on any atom is 0.266 e. The summed E-state index contributed by atoms with van der Waals surface area (Å²) in [7, 11) is 1.58. The number of carbonyl (C=O) groups excluding carboxylic acids is 1. The van der Waals surface area contributed by atoms with E-state index >= 15 is 0 Å². The zero-order valence-electron chi connectivity index (χ0n) is 13.6. The number of nitrogens with one attached hydrogen (secondary N) is 1. The molecule has 1 N–H and O–H groups in total. The SMILES string of the molecule is COc1ccc(C=C(C#N)C(=O)Nc2ccc3c(c2)OCCO3)cc1. The molecule has 0 spiro atoms. The lowest BCUT2D eigenvalue weighted by Gasteiger charge is -2.18. The minimum absolute atomic E-state index is 0.0000518. The summed E-state index contributed by atoms with van der Waals surface area (Å²) < 4.78 is 16.0. The summed E-state index contributed by atoms with van der Waals surface area (Å²) >= 11 is 0. The van der Waals surface area contributed by atoms with Crippen LogP contribution in [0.3, 0.4) is 0 Å². The van der Waals surface area contributed by atoms with Crippen LogP contribution in [0.2, 0.25) is 0 Å². The van der Waals surface area contributed by atoms with E-state index in [-0.39, 0.29) is 5.57 Å². The third-order valence-electron chi connectivity index (χ3n) is 3.59. The van der Waals surface area contributed by atoms with E-state index in [1.807, 2.05) is 6.07 Å². The molecule has 2 aromatic rings. The second-order valence-corrected chi connectivity index (χ2v) is 5.26. The van der Waals surface area contributed by atoms with Crippen molar-refractivity contribution in [1.29, 1.82) is 5.26 Å². The molecule has 1 aliphatic rings. The molecule has 0 unspecified atom stereocenters. The van der Waals surface area contributed by atoms with Gasteiger partial charge in [-0.2, -0.15) is 5.26 Å². The highest BCUT2D eigenvalue weighted by molar-refractivity contribution is 6.09. The van der Waals surface area contributed by atoms with Gasteiger partial charge in [-0.05, 0) is 35.9 Å². The second kappa shape index (κ2) is 7.41. The minimum atomic E-state index is -0.491. The molecule has 3 rings (SSSR count). The third kappa shape index (κ3) is 3.90. The highest BCUT2D eigenvalue weighted by atomic mass is 16.6. The number of amides is 1. The molecular formula is C19H16N2O4. The smallest absolute Gasteiger partial charge is 0.266 e. The van der Waals surface area contributed by atoms with Crippen molar-refractivity contribution in [3.05, 3.63) is 53.6 Å². The van der Waals surface area contributed by atoms with E-state index in [4.69, 9.17) is 14.2 Å². The summed E-state index contributed by atoms with van der Waals surface area (Å²) in [6.07, 6.45) is 1.52. The molecule has 2 aromatic carbocycles. The first-order valence-electron chi connectivity index (χ1n) is 7.66. The van der Waals surface area contributed by atoms with E-state index in [0.29, 0.717) is 36.1 Å². The fourth-order valence-electron chi connectivity index (χ4n) is 2.33. The molecule has 25 heavy (non-hydrogen) atoms. The van der Waals surface area contributed by atoms with Crippen LogP contribution < -0.4 is 19.5 Å². The van der Waals surface area contributed by atoms with E-state index in [1.165, 1.54) is 6.08 Å². The van der Waals surface area contributed by atoms with Crippen molar-refractivity contribution >= 4 is 17.7 Å². The number of benzene rings is 2. The van der Waals surface area contributed by atoms with Gasteiger partial charge in [0.15, 0.2) is 11.5 Å². The Balaban J connectivity index is 1.76. The number of ether oxygens (including phenoxy) is 3. The highest BCUT2D eigenvalue weighted by Crippen LogP contribution is 2.32. The Labute approximate surface area is 145 Å². The Morgan fingerprint density at radius 2 is 1.88 bits per heavy atom. The van der Waals surface area contributed by atoms with Gasteiger partial charge in [-0.25, -0.2) is 0 Å². The van der Waals surface area contributed by atoms with Crippen LogP contribution in [0.15, 0.2) is 48.0 Å². The van der Waals surface area contributed by atoms with Crippen LogP contribution >= 0.6 is 0 Å². The van der Waals surface area contributed by atoms with Crippen LogP contribution in [0.5, 0.6) is 17.2 Å². The predicted molar refractivity (Wildman–Crippen MR) is 92.6 cm³/mol. The molecule has 0 bridgehead atoms. The summed E-state index contributed by atoms with van der Waals surface area (Å²) in [6, 6.07) is 14.1. The monoisotopic (exact) mass is 336 g/mol. The van der Waals surface area contributed by atoms with Gasteiger partial charge in [-0.15, -0.1) is 0 Å². The van der Waals surface area contributed by atoms with Crippen molar-refractivity contribution in [2.24, 2.45) is 0 Å². The number of hydrogen-bond donors (Lipinski definition) is 1. The molecule has 0 aromatic heterocycles. The molecule has 1 aliphatic heterocycles. The van der Waals surface area contributed by atoms with Crippen LogP contribution in [0.25, 0.3) is 6.08 Å².